The number of furan rings is 1. The van der Waals surface area contributed by atoms with E-state index in [4.69, 9.17) is 9.68 Å². The van der Waals surface area contributed by atoms with E-state index in [2.05, 4.69) is 10.3 Å². The molecule has 26 heavy (non-hydrogen) atoms. The fourth-order valence-electron chi connectivity index (χ4n) is 2.60. The lowest BCUT2D eigenvalue weighted by Crippen LogP contribution is -2.37. The first-order valence-electron chi connectivity index (χ1n) is 8.12. The number of carbonyl (C=O) groups is 1. The molecule has 0 aliphatic rings. The molecule has 0 fully saturated rings. The van der Waals surface area contributed by atoms with Crippen LogP contribution in [0.1, 0.15) is 22.9 Å². The molecule has 6 heteroatoms. The summed E-state index contributed by atoms with van der Waals surface area (Å²) in [6.07, 6.45) is 3.07. The molecule has 1 N–H and O–H groups in total. The summed E-state index contributed by atoms with van der Waals surface area (Å²) in [5.74, 6) is 1.13. The summed E-state index contributed by atoms with van der Waals surface area (Å²) in [4.78, 5) is 18.5. The summed E-state index contributed by atoms with van der Waals surface area (Å²) in [6.45, 7) is 0.128. The van der Waals surface area contributed by atoms with Gasteiger partial charge >= 0.3 is 0 Å². The van der Waals surface area contributed by atoms with Crippen molar-refractivity contribution in [2.75, 3.05) is 18.5 Å². The maximum Gasteiger partial charge on any atom is 0.240 e. The van der Waals surface area contributed by atoms with Crippen molar-refractivity contribution in [3.63, 3.8) is 0 Å². The zero-order valence-electron chi connectivity index (χ0n) is 14.3. The smallest absolute Gasteiger partial charge is 0.240 e. The summed E-state index contributed by atoms with van der Waals surface area (Å²) in [7, 11) is 1.78. The van der Waals surface area contributed by atoms with Crippen LogP contribution in [0.5, 0.6) is 0 Å². The molecule has 0 saturated carbocycles. The highest BCUT2D eigenvalue weighted by Crippen LogP contribution is 2.22. The van der Waals surface area contributed by atoms with Crippen LogP contribution < -0.4 is 10.2 Å². The highest BCUT2D eigenvalue weighted by molar-refractivity contribution is 5.81. The minimum absolute atomic E-state index is 0.128. The van der Waals surface area contributed by atoms with Gasteiger partial charge in [-0.3, -0.25) is 4.79 Å². The lowest BCUT2D eigenvalue weighted by atomic mass is 10.0. The number of amides is 1. The summed E-state index contributed by atoms with van der Waals surface area (Å²) in [5, 5.41) is 11.8. The third kappa shape index (κ3) is 4.08. The topological polar surface area (TPSA) is 82.2 Å². The fourth-order valence-corrected chi connectivity index (χ4v) is 2.60. The van der Waals surface area contributed by atoms with Gasteiger partial charge in [-0.15, -0.1) is 0 Å². The number of pyridine rings is 1. The standard InChI is InChI=1S/C20H18N4O2/c1-24(18-10-9-15(12-21)13-22-18)14-19(25)23-20(17-8-5-11-26-17)16-6-3-2-4-7-16/h2-11,13,20H,14H2,1H3,(H,23,25)/t20-/m0/s1. The molecule has 0 saturated heterocycles. The van der Waals surface area contributed by atoms with Crippen LogP contribution in [0.2, 0.25) is 0 Å². The number of hydrogen-bond donors (Lipinski definition) is 1. The van der Waals surface area contributed by atoms with Gasteiger partial charge in [0.1, 0.15) is 23.7 Å². The molecule has 3 rings (SSSR count). The molecule has 0 aliphatic carbocycles. The second-order valence-corrected chi connectivity index (χ2v) is 5.80. The van der Waals surface area contributed by atoms with Crippen LogP contribution >= 0.6 is 0 Å². The van der Waals surface area contributed by atoms with E-state index in [1.807, 2.05) is 42.5 Å². The predicted octanol–water partition coefficient (Wildman–Crippen LogP) is 2.89. The average Bonchev–Trinajstić information content (AvgIpc) is 3.21. The molecule has 2 aromatic heterocycles. The SMILES string of the molecule is CN(CC(=O)N[C@@H](c1ccccc1)c1ccco1)c1ccc(C#N)cn1. The lowest BCUT2D eigenvalue weighted by molar-refractivity contribution is -0.120. The Kier molecular flexibility index (Phi) is 5.30. The Hall–Kier alpha value is -3.59. The Labute approximate surface area is 151 Å². The van der Waals surface area contributed by atoms with Crippen molar-refractivity contribution in [2.24, 2.45) is 0 Å². The number of anilines is 1. The maximum absolute atomic E-state index is 12.6. The van der Waals surface area contributed by atoms with Crippen LogP contribution in [0.15, 0.2) is 71.5 Å². The Morgan fingerprint density at radius 3 is 2.65 bits per heavy atom. The minimum Gasteiger partial charge on any atom is -0.467 e. The van der Waals surface area contributed by atoms with E-state index in [0.717, 1.165) is 5.56 Å². The van der Waals surface area contributed by atoms with Crippen molar-refractivity contribution >= 4 is 11.7 Å². The Morgan fingerprint density at radius 1 is 1.23 bits per heavy atom. The van der Waals surface area contributed by atoms with Gasteiger partial charge in [0, 0.05) is 13.2 Å². The first kappa shape index (κ1) is 17.2. The average molecular weight is 346 g/mol. The summed E-state index contributed by atoms with van der Waals surface area (Å²) in [6, 6.07) is 18.3. The Morgan fingerprint density at radius 2 is 2.04 bits per heavy atom. The molecule has 0 radical (unpaired) electrons. The third-order valence-corrected chi connectivity index (χ3v) is 3.91. The van der Waals surface area contributed by atoms with E-state index in [-0.39, 0.29) is 18.5 Å². The largest absolute Gasteiger partial charge is 0.467 e. The number of benzene rings is 1. The second kappa shape index (κ2) is 7.99. The van der Waals surface area contributed by atoms with Crippen LogP contribution in [0.25, 0.3) is 0 Å². The van der Waals surface area contributed by atoms with Crippen molar-refractivity contribution in [1.82, 2.24) is 10.3 Å². The van der Waals surface area contributed by atoms with Gasteiger partial charge in [0.25, 0.3) is 0 Å². The molecule has 3 aromatic rings. The first-order chi connectivity index (χ1) is 12.7. The molecule has 1 amide bonds. The number of nitrogens with zero attached hydrogens (tertiary/aromatic N) is 3. The quantitative estimate of drug-likeness (QED) is 0.742. The number of nitrogens with one attached hydrogen (secondary N) is 1. The number of aromatic nitrogens is 1. The van der Waals surface area contributed by atoms with Gasteiger partial charge in [0.15, 0.2) is 0 Å². The van der Waals surface area contributed by atoms with Gasteiger partial charge in [-0.25, -0.2) is 4.98 Å². The lowest BCUT2D eigenvalue weighted by Gasteiger charge is -2.21. The van der Waals surface area contributed by atoms with E-state index in [9.17, 15) is 4.79 Å². The van der Waals surface area contributed by atoms with Crippen LogP contribution in [0.3, 0.4) is 0 Å². The predicted molar refractivity (Wildman–Crippen MR) is 97.4 cm³/mol. The normalized spacial score (nSPS) is 11.4. The summed E-state index contributed by atoms with van der Waals surface area (Å²) in [5.41, 5.74) is 1.42. The van der Waals surface area contributed by atoms with Gasteiger partial charge in [-0.1, -0.05) is 30.3 Å². The molecule has 0 bridgehead atoms. The van der Waals surface area contributed by atoms with E-state index in [0.29, 0.717) is 17.1 Å². The number of likely N-dealkylation sites (N-methyl/N-ethyl adjacent to an activating group) is 1. The number of nitriles is 1. The number of rotatable bonds is 6. The van der Waals surface area contributed by atoms with Gasteiger partial charge < -0.3 is 14.6 Å². The number of hydrogen-bond acceptors (Lipinski definition) is 5. The van der Waals surface area contributed by atoms with E-state index in [1.54, 1.807) is 36.4 Å². The molecule has 0 aliphatic heterocycles. The highest BCUT2D eigenvalue weighted by Gasteiger charge is 2.20. The second-order valence-electron chi connectivity index (χ2n) is 5.80. The molecule has 130 valence electrons. The van der Waals surface area contributed by atoms with Gasteiger partial charge in [-0.05, 0) is 29.8 Å². The summed E-state index contributed by atoms with van der Waals surface area (Å²) < 4.78 is 5.49. The van der Waals surface area contributed by atoms with Crippen LogP contribution in [0, 0.1) is 11.3 Å². The zero-order valence-corrected chi connectivity index (χ0v) is 14.3. The molecule has 0 unspecified atom stereocenters. The van der Waals surface area contributed by atoms with Crippen molar-refractivity contribution < 1.29 is 9.21 Å². The molecule has 6 nitrogen and oxygen atoms in total. The molecular formula is C20H18N4O2. The zero-order chi connectivity index (χ0) is 18.4. The molecule has 2 heterocycles. The van der Waals surface area contributed by atoms with Gasteiger partial charge in [-0.2, -0.15) is 5.26 Å². The number of carbonyl (C=O) groups excluding carboxylic acids is 1. The maximum atomic E-state index is 12.6. The first-order valence-corrected chi connectivity index (χ1v) is 8.12. The molecule has 1 aromatic carbocycles. The summed E-state index contributed by atoms with van der Waals surface area (Å²) >= 11 is 0. The van der Waals surface area contributed by atoms with Crippen molar-refractivity contribution in [1.29, 1.82) is 5.26 Å². The van der Waals surface area contributed by atoms with Crippen molar-refractivity contribution in [3.05, 3.63) is 83.9 Å². The minimum atomic E-state index is -0.360. The van der Waals surface area contributed by atoms with Gasteiger partial charge in [0.2, 0.25) is 5.91 Å². The van der Waals surface area contributed by atoms with Crippen molar-refractivity contribution in [3.8, 4) is 6.07 Å². The Balaban J connectivity index is 1.71. The van der Waals surface area contributed by atoms with Crippen molar-refractivity contribution in [2.45, 2.75) is 6.04 Å². The van der Waals surface area contributed by atoms with Crippen LogP contribution in [-0.2, 0) is 4.79 Å². The van der Waals surface area contributed by atoms with E-state index < -0.39 is 0 Å². The monoisotopic (exact) mass is 346 g/mol. The van der Waals surface area contributed by atoms with Crippen LogP contribution in [0.4, 0.5) is 5.82 Å². The Bertz CT molecular complexity index is 884. The fraction of sp³-hybridized carbons (Fsp3) is 0.150. The van der Waals surface area contributed by atoms with Gasteiger partial charge in [0.05, 0.1) is 18.4 Å². The third-order valence-electron chi connectivity index (χ3n) is 3.91. The molecular weight excluding hydrogens is 328 g/mol. The van der Waals surface area contributed by atoms with Crippen LogP contribution in [-0.4, -0.2) is 24.5 Å². The molecule has 1 atom stereocenters. The highest BCUT2D eigenvalue weighted by atomic mass is 16.3. The van der Waals surface area contributed by atoms with E-state index in [1.165, 1.54) is 6.20 Å². The van der Waals surface area contributed by atoms with E-state index >= 15 is 0 Å². The molecule has 0 spiro atoms.